The summed E-state index contributed by atoms with van der Waals surface area (Å²) in [5.41, 5.74) is 1.25. The minimum atomic E-state index is -0.408. The van der Waals surface area contributed by atoms with Gasteiger partial charge in [-0.1, -0.05) is 0 Å². The van der Waals surface area contributed by atoms with Gasteiger partial charge in [-0.25, -0.2) is 9.07 Å². The largest absolute Gasteiger partial charge is 0.504 e. The second-order valence-electron chi connectivity index (χ2n) is 5.76. The molecule has 0 aliphatic carbocycles. The zero-order valence-electron chi connectivity index (χ0n) is 12.8. The van der Waals surface area contributed by atoms with Crippen LogP contribution in [0, 0.1) is 12.7 Å². The minimum absolute atomic E-state index is 0.0284. The lowest BCUT2D eigenvalue weighted by atomic mass is 10.1. The Morgan fingerprint density at radius 3 is 3.04 bits per heavy atom. The van der Waals surface area contributed by atoms with E-state index in [0.29, 0.717) is 17.8 Å². The van der Waals surface area contributed by atoms with Crippen LogP contribution in [0.1, 0.15) is 28.9 Å². The van der Waals surface area contributed by atoms with Gasteiger partial charge in [-0.15, -0.1) is 0 Å². The predicted octanol–water partition coefficient (Wildman–Crippen LogP) is 1.51. The van der Waals surface area contributed by atoms with Crippen LogP contribution in [0.25, 0.3) is 5.69 Å². The van der Waals surface area contributed by atoms with Crippen molar-refractivity contribution in [1.29, 1.82) is 0 Å². The maximum atomic E-state index is 13.2. The molecule has 1 fully saturated rings. The zero-order valence-corrected chi connectivity index (χ0v) is 12.8. The van der Waals surface area contributed by atoms with Gasteiger partial charge in [-0.05, 0) is 50.1 Å². The van der Waals surface area contributed by atoms with Crippen molar-refractivity contribution in [2.75, 3.05) is 13.1 Å². The molecule has 122 valence electrons. The van der Waals surface area contributed by atoms with Crippen molar-refractivity contribution in [2.24, 2.45) is 0 Å². The molecule has 6 nitrogen and oxygen atoms in total. The Hall–Kier alpha value is -2.41. The second-order valence-corrected chi connectivity index (χ2v) is 5.76. The summed E-state index contributed by atoms with van der Waals surface area (Å²) in [7, 11) is 0. The zero-order chi connectivity index (χ0) is 16.4. The maximum Gasteiger partial charge on any atom is 0.275 e. The van der Waals surface area contributed by atoms with E-state index in [1.165, 1.54) is 23.0 Å². The summed E-state index contributed by atoms with van der Waals surface area (Å²) in [5.74, 6) is -0.949. The Labute approximate surface area is 133 Å². The molecule has 0 saturated carbocycles. The van der Waals surface area contributed by atoms with Crippen molar-refractivity contribution >= 4 is 5.91 Å². The monoisotopic (exact) mass is 318 g/mol. The van der Waals surface area contributed by atoms with Gasteiger partial charge in [-0.3, -0.25) is 4.79 Å². The lowest BCUT2D eigenvalue weighted by Crippen LogP contribution is -2.45. The molecular weight excluding hydrogens is 299 g/mol. The first-order valence-electron chi connectivity index (χ1n) is 7.61. The first-order chi connectivity index (χ1) is 11.0. The number of rotatable bonds is 3. The summed E-state index contributed by atoms with van der Waals surface area (Å²) in [6.45, 7) is 3.41. The van der Waals surface area contributed by atoms with Crippen LogP contribution in [0.15, 0.2) is 24.4 Å². The average Bonchev–Trinajstić information content (AvgIpc) is 2.90. The molecule has 7 heteroatoms. The van der Waals surface area contributed by atoms with Gasteiger partial charge in [0.1, 0.15) is 5.82 Å². The third kappa shape index (κ3) is 3.34. The quantitative estimate of drug-likeness (QED) is 0.801. The predicted molar refractivity (Wildman–Crippen MR) is 83.3 cm³/mol. The van der Waals surface area contributed by atoms with Crippen LogP contribution in [0.4, 0.5) is 4.39 Å². The number of aromatic hydroxyl groups is 1. The molecule has 1 aliphatic heterocycles. The number of aromatic nitrogens is 2. The third-order valence-corrected chi connectivity index (χ3v) is 3.95. The fourth-order valence-electron chi connectivity index (χ4n) is 2.75. The van der Waals surface area contributed by atoms with Crippen molar-refractivity contribution in [3.8, 4) is 11.4 Å². The number of nitrogens with zero attached hydrogens (tertiary/aromatic N) is 2. The summed E-state index contributed by atoms with van der Waals surface area (Å²) in [6, 6.07) is 4.29. The molecule has 0 radical (unpaired) electrons. The Bertz CT molecular complexity index is 723. The summed E-state index contributed by atoms with van der Waals surface area (Å²) in [4.78, 5) is 12.3. The average molecular weight is 318 g/mol. The van der Waals surface area contributed by atoms with Crippen LogP contribution in [-0.4, -0.2) is 39.9 Å². The number of halogens is 1. The van der Waals surface area contributed by atoms with Gasteiger partial charge < -0.3 is 15.7 Å². The van der Waals surface area contributed by atoms with Gasteiger partial charge in [0, 0.05) is 12.6 Å². The Morgan fingerprint density at radius 2 is 2.35 bits per heavy atom. The van der Waals surface area contributed by atoms with Crippen LogP contribution < -0.4 is 10.6 Å². The summed E-state index contributed by atoms with van der Waals surface area (Å²) in [5, 5.41) is 20.2. The lowest BCUT2D eigenvalue weighted by molar-refractivity contribution is 0.0922. The highest BCUT2D eigenvalue weighted by Gasteiger charge is 2.22. The van der Waals surface area contributed by atoms with Crippen LogP contribution in [0.5, 0.6) is 5.75 Å². The number of hydrogen-bond acceptors (Lipinski definition) is 4. The highest BCUT2D eigenvalue weighted by molar-refractivity contribution is 5.95. The summed E-state index contributed by atoms with van der Waals surface area (Å²) >= 11 is 0. The van der Waals surface area contributed by atoms with Crippen molar-refractivity contribution in [2.45, 2.75) is 25.8 Å². The van der Waals surface area contributed by atoms with E-state index in [9.17, 15) is 14.3 Å². The number of hydrogen-bond donors (Lipinski definition) is 3. The Kier molecular flexibility index (Phi) is 4.29. The molecule has 1 atom stereocenters. The van der Waals surface area contributed by atoms with E-state index in [2.05, 4.69) is 15.7 Å². The normalized spacial score (nSPS) is 17.9. The molecule has 3 N–H and O–H groups in total. The van der Waals surface area contributed by atoms with Gasteiger partial charge >= 0.3 is 0 Å². The van der Waals surface area contributed by atoms with Crippen molar-refractivity contribution in [1.82, 2.24) is 20.4 Å². The van der Waals surface area contributed by atoms with E-state index in [1.807, 2.05) is 0 Å². The topological polar surface area (TPSA) is 79.2 Å². The maximum absolute atomic E-state index is 13.2. The van der Waals surface area contributed by atoms with Gasteiger partial charge in [0.25, 0.3) is 5.91 Å². The molecular formula is C16H19FN4O2. The van der Waals surface area contributed by atoms with E-state index in [1.54, 1.807) is 13.0 Å². The van der Waals surface area contributed by atoms with Crippen molar-refractivity contribution < 1.29 is 14.3 Å². The standard InChI is InChI=1S/C16H19FN4O2/c1-10-7-11(17)4-5-13(10)21-9-14(22)15(20-21)16(23)19-12-3-2-6-18-8-12/h4-5,7,9,12,18,22H,2-3,6,8H2,1H3,(H,19,23)/t12-/m0/s1. The van der Waals surface area contributed by atoms with Crippen LogP contribution in [0.3, 0.4) is 0 Å². The van der Waals surface area contributed by atoms with E-state index in [4.69, 9.17) is 0 Å². The molecule has 2 heterocycles. The second kappa shape index (κ2) is 6.37. The molecule has 3 rings (SSSR count). The van der Waals surface area contributed by atoms with Gasteiger partial charge in [-0.2, -0.15) is 5.10 Å². The Morgan fingerprint density at radius 1 is 1.52 bits per heavy atom. The summed E-state index contributed by atoms with van der Waals surface area (Å²) in [6.07, 6.45) is 3.26. The molecule has 0 bridgehead atoms. The first kappa shape index (κ1) is 15.5. The molecule has 0 spiro atoms. The van der Waals surface area contributed by atoms with E-state index in [0.717, 1.165) is 19.4 Å². The molecule has 23 heavy (non-hydrogen) atoms. The first-order valence-corrected chi connectivity index (χ1v) is 7.61. The number of piperidine rings is 1. The lowest BCUT2D eigenvalue weighted by Gasteiger charge is -2.23. The number of amides is 1. The number of nitrogens with one attached hydrogen (secondary N) is 2. The van der Waals surface area contributed by atoms with Crippen molar-refractivity contribution in [3.05, 3.63) is 41.5 Å². The number of carbonyl (C=O) groups is 1. The van der Waals surface area contributed by atoms with E-state index < -0.39 is 5.91 Å². The van der Waals surface area contributed by atoms with Crippen LogP contribution in [0.2, 0.25) is 0 Å². The molecule has 1 saturated heterocycles. The van der Waals surface area contributed by atoms with Gasteiger partial charge in [0.05, 0.1) is 11.9 Å². The minimum Gasteiger partial charge on any atom is -0.504 e. The number of carbonyl (C=O) groups excluding carboxylic acids is 1. The molecule has 1 aliphatic rings. The van der Waals surface area contributed by atoms with E-state index >= 15 is 0 Å². The van der Waals surface area contributed by atoms with Gasteiger partial charge in [0.15, 0.2) is 11.4 Å². The molecule has 0 unspecified atom stereocenters. The molecule has 1 aromatic carbocycles. The van der Waals surface area contributed by atoms with Crippen LogP contribution in [-0.2, 0) is 0 Å². The number of aryl methyl sites for hydroxylation is 1. The highest BCUT2D eigenvalue weighted by Crippen LogP contribution is 2.21. The Balaban J connectivity index is 1.81. The van der Waals surface area contributed by atoms with Crippen molar-refractivity contribution in [3.63, 3.8) is 0 Å². The molecule has 1 aromatic heterocycles. The highest BCUT2D eigenvalue weighted by atomic mass is 19.1. The smallest absolute Gasteiger partial charge is 0.275 e. The summed E-state index contributed by atoms with van der Waals surface area (Å²) < 4.78 is 14.6. The van der Waals surface area contributed by atoms with Gasteiger partial charge in [0.2, 0.25) is 0 Å². The van der Waals surface area contributed by atoms with Crippen LogP contribution >= 0.6 is 0 Å². The number of benzene rings is 1. The van der Waals surface area contributed by atoms with E-state index in [-0.39, 0.29) is 23.3 Å². The molecule has 2 aromatic rings. The SMILES string of the molecule is Cc1cc(F)ccc1-n1cc(O)c(C(=O)N[C@H]2CCCNC2)n1. The fraction of sp³-hybridized carbons (Fsp3) is 0.375. The third-order valence-electron chi connectivity index (χ3n) is 3.95. The fourth-order valence-corrected chi connectivity index (χ4v) is 2.75. The molecule has 1 amide bonds.